The maximum atomic E-state index is 6.08. The van der Waals surface area contributed by atoms with Crippen molar-refractivity contribution in [2.45, 2.75) is 32.7 Å². The Kier molecular flexibility index (Phi) is 6.48. The van der Waals surface area contributed by atoms with Crippen molar-refractivity contribution >= 4 is 38.5 Å². The van der Waals surface area contributed by atoms with Crippen molar-refractivity contribution in [2.24, 2.45) is 0 Å². The lowest BCUT2D eigenvalue weighted by Gasteiger charge is -2.24. The first-order chi connectivity index (χ1) is 19.5. The van der Waals surface area contributed by atoms with E-state index < -0.39 is 0 Å². The van der Waals surface area contributed by atoms with Gasteiger partial charge in [0, 0.05) is 12.0 Å². The smallest absolute Gasteiger partial charge is 0.0407 e. The quantitative estimate of drug-likeness (QED) is 0.177. The van der Waals surface area contributed by atoms with E-state index in [0.29, 0.717) is 0 Å². The van der Waals surface area contributed by atoms with Crippen LogP contribution < -0.4 is 5.32 Å². The molecule has 0 spiro atoms. The minimum atomic E-state index is -0.0653. The molecule has 1 aliphatic carbocycles. The molecule has 2 N–H and O–H groups in total. The van der Waals surface area contributed by atoms with Crippen molar-refractivity contribution in [2.75, 3.05) is 0 Å². The molecule has 0 aromatic heterocycles. The van der Waals surface area contributed by atoms with Gasteiger partial charge in [0.25, 0.3) is 0 Å². The van der Waals surface area contributed by atoms with Crippen molar-refractivity contribution in [3.05, 3.63) is 133 Å². The zero-order valence-electron chi connectivity index (χ0n) is 23.4. The molecule has 2 nitrogen and oxygen atoms in total. The zero-order chi connectivity index (χ0) is 27.9. The molecule has 6 aromatic rings. The predicted molar refractivity (Wildman–Crippen MR) is 173 cm³/mol. The summed E-state index contributed by atoms with van der Waals surface area (Å²) in [4.78, 5) is 0. The fourth-order valence-corrected chi connectivity index (χ4v) is 6.63. The lowest BCUT2D eigenvalue weighted by Crippen LogP contribution is -2.15. The Morgan fingerprint density at radius 3 is 1.70 bits per heavy atom. The lowest BCUT2D eigenvalue weighted by molar-refractivity contribution is 0.661. The minimum absolute atomic E-state index is 0.0653. The van der Waals surface area contributed by atoms with Crippen LogP contribution in [0.25, 0.3) is 54.6 Å². The van der Waals surface area contributed by atoms with Gasteiger partial charge < -0.3 is 10.7 Å². The molecule has 6 aromatic carbocycles. The molecule has 2 heteroatoms. The van der Waals surface area contributed by atoms with E-state index in [4.69, 9.17) is 5.41 Å². The molecular weight excluding hydrogens is 484 g/mol. The molecule has 0 unspecified atom stereocenters. The van der Waals surface area contributed by atoms with Crippen LogP contribution in [0.1, 0.15) is 37.5 Å². The topological polar surface area (TPSA) is 35.9 Å². The Hall–Kier alpha value is -4.69. The Bertz CT molecular complexity index is 1870. The average Bonchev–Trinajstić information content (AvgIpc) is 3.22. The van der Waals surface area contributed by atoms with E-state index >= 15 is 0 Å². The SMILES string of the molecule is C=CNCc1c2ccccc2c(-c2cc3c(c4ccccc24)-c2ccccc2C3(C)C)c2ccccc12.CC=N. The van der Waals surface area contributed by atoms with Gasteiger partial charge in [0.15, 0.2) is 0 Å². The summed E-state index contributed by atoms with van der Waals surface area (Å²) in [5.41, 5.74) is 9.45. The molecule has 0 heterocycles. The first-order valence-corrected chi connectivity index (χ1v) is 13.9. The largest absolute Gasteiger partial charge is 0.387 e. The molecule has 0 saturated heterocycles. The molecule has 196 valence electrons. The Morgan fingerprint density at radius 2 is 1.12 bits per heavy atom. The minimum Gasteiger partial charge on any atom is -0.387 e. The molecule has 0 fully saturated rings. The Balaban J connectivity index is 0.000000925. The summed E-state index contributed by atoms with van der Waals surface area (Å²) in [5.74, 6) is 0. The van der Waals surface area contributed by atoms with E-state index in [2.05, 4.69) is 129 Å². The van der Waals surface area contributed by atoms with Crippen molar-refractivity contribution in [3.63, 3.8) is 0 Å². The molecule has 7 rings (SSSR count). The molecule has 0 saturated carbocycles. The van der Waals surface area contributed by atoms with E-state index in [1.54, 1.807) is 13.1 Å². The van der Waals surface area contributed by atoms with Crippen LogP contribution in [0.5, 0.6) is 0 Å². The highest BCUT2D eigenvalue weighted by Crippen LogP contribution is 2.54. The highest BCUT2D eigenvalue weighted by atomic mass is 14.8. The third kappa shape index (κ3) is 3.83. The van der Waals surface area contributed by atoms with Crippen molar-refractivity contribution in [1.29, 1.82) is 5.41 Å². The maximum absolute atomic E-state index is 6.08. The summed E-state index contributed by atoms with van der Waals surface area (Å²) in [6, 6.07) is 38.1. The summed E-state index contributed by atoms with van der Waals surface area (Å²) >= 11 is 0. The second kappa shape index (κ2) is 10.1. The van der Waals surface area contributed by atoms with Gasteiger partial charge in [0.2, 0.25) is 0 Å². The second-order valence-corrected chi connectivity index (χ2v) is 10.9. The van der Waals surface area contributed by atoms with Gasteiger partial charge >= 0.3 is 0 Å². The summed E-state index contributed by atoms with van der Waals surface area (Å²) in [5, 5.41) is 17.2. The van der Waals surface area contributed by atoms with Gasteiger partial charge in [-0.25, -0.2) is 0 Å². The molecule has 0 bridgehead atoms. The van der Waals surface area contributed by atoms with Crippen LogP contribution in [-0.4, -0.2) is 6.21 Å². The van der Waals surface area contributed by atoms with Gasteiger partial charge in [0.05, 0.1) is 0 Å². The Morgan fingerprint density at radius 1 is 0.650 bits per heavy atom. The summed E-state index contributed by atoms with van der Waals surface area (Å²) in [6.07, 6.45) is 3.03. The van der Waals surface area contributed by atoms with Crippen LogP contribution in [0.15, 0.2) is 116 Å². The molecule has 1 aliphatic rings. The van der Waals surface area contributed by atoms with Crippen LogP contribution in [0.3, 0.4) is 0 Å². The maximum Gasteiger partial charge on any atom is 0.0407 e. The predicted octanol–water partition coefficient (Wildman–Crippen LogP) is 10.0. The number of benzene rings is 6. The van der Waals surface area contributed by atoms with Crippen molar-refractivity contribution < 1.29 is 0 Å². The summed E-state index contributed by atoms with van der Waals surface area (Å²) in [7, 11) is 0. The van der Waals surface area contributed by atoms with Gasteiger partial charge in [-0.1, -0.05) is 117 Å². The molecule has 0 aliphatic heterocycles. The normalized spacial score (nSPS) is 12.9. The van der Waals surface area contributed by atoms with E-state index in [1.807, 2.05) is 0 Å². The number of nitrogens with one attached hydrogen (secondary N) is 2. The van der Waals surface area contributed by atoms with Crippen molar-refractivity contribution in [1.82, 2.24) is 5.32 Å². The fraction of sp³-hybridized carbons (Fsp3) is 0.132. The zero-order valence-corrected chi connectivity index (χ0v) is 23.4. The molecular formula is C38H34N2. The molecule has 0 radical (unpaired) electrons. The van der Waals surface area contributed by atoms with Crippen LogP contribution in [0, 0.1) is 5.41 Å². The highest BCUT2D eigenvalue weighted by Gasteiger charge is 2.37. The lowest BCUT2D eigenvalue weighted by atomic mass is 9.79. The van der Waals surface area contributed by atoms with E-state index in [0.717, 1.165) is 6.54 Å². The summed E-state index contributed by atoms with van der Waals surface area (Å²) in [6.45, 7) is 11.0. The standard InChI is InChI=1S/C36H29N.C2H5N/c1-4-37-22-31-24-14-6-8-16-26(24)34(27-17-9-7-15-25(27)31)30-21-33-35(28-18-10-5-13-23(28)30)29-19-11-12-20-32(29)36(33,2)3;1-2-3/h4-21,37H,1,22H2,2-3H3;2-3H,1H3. The van der Waals surface area contributed by atoms with E-state index in [1.165, 1.54) is 77.5 Å². The van der Waals surface area contributed by atoms with Crippen molar-refractivity contribution in [3.8, 4) is 22.3 Å². The summed E-state index contributed by atoms with van der Waals surface area (Å²) < 4.78 is 0. The van der Waals surface area contributed by atoms with E-state index in [9.17, 15) is 0 Å². The van der Waals surface area contributed by atoms with Crippen LogP contribution in [0.2, 0.25) is 0 Å². The monoisotopic (exact) mass is 518 g/mol. The van der Waals surface area contributed by atoms with Crippen LogP contribution >= 0.6 is 0 Å². The highest BCUT2D eigenvalue weighted by molar-refractivity contribution is 6.20. The average molecular weight is 519 g/mol. The molecule has 0 amide bonds. The Labute approximate surface area is 236 Å². The van der Waals surface area contributed by atoms with Gasteiger partial charge in [-0.3, -0.25) is 0 Å². The third-order valence-electron chi connectivity index (χ3n) is 8.32. The van der Waals surface area contributed by atoms with Crippen LogP contribution in [0.4, 0.5) is 0 Å². The number of hydrogen-bond donors (Lipinski definition) is 2. The first-order valence-electron chi connectivity index (χ1n) is 13.9. The number of rotatable bonds is 4. The van der Waals surface area contributed by atoms with Gasteiger partial charge in [-0.2, -0.15) is 0 Å². The van der Waals surface area contributed by atoms with Gasteiger partial charge in [-0.05, 0) is 96.7 Å². The molecule has 0 atom stereocenters. The second-order valence-electron chi connectivity index (χ2n) is 10.9. The first kappa shape index (κ1) is 25.6. The fourth-order valence-electron chi connectivity index (χ4n) is 6.63. The number of fused-ring (bicyclic) bond motifs is 7. The number of hydrogen-bond acceptors (Lipinski definition) is 2. The van der Waals surface area contributed by atoms with Gasteiger partial charge in [-0.15, -0.1) is 0 Å². The van der Waals surface area contributed by atoms with Crippen LogP contribution in [-0.2, 0) is 12.0 Å². The van der Waals surface area contributed by atoms with E-state index in [-0.39, 0.29) is 5.41 Å². The van der Waals surface area contributed by atoms with Gasteiger partial charge in [0.1, 0.15) is 0 Å². The molecule has 40 heavy (non-hydrogen) atoms. The third-order valence-corrected chi connectivity index (χ3v) is 8.32.